The van der Waals surface area contributed by atoms with Crippen molar-refractivity contribution in [3.8, 4) is 22.8 Å². The highest BCUT2D eigenvalue weighted by molar-refractivity contribution is 7.71. The predicted molar refractivity (Wildman–Crippen MR) is 75.8 cm³/mol. The zero-order valence-electron chi connectivity index (χ0n) is 10.2. The van der Waals surface area contributed by atoms with Crippen molar-refractivity contribution in [3.05, 3.63) is 59.1 Å². The van der Waals surface area contributed by atoms with Gasteiger partial charge in [0.2, 0.25) is 0 Å². The van der Waals surface area contributed by atoms with Crippen LogP contribution >= 0.6 is 12.2 Å². The second-order valence-corrected chi connectivity index (χ2v) is 4.57. The van der Waals surface area contributed by atoms with Gasteiger partial charge < -0.3 is 5.11 Å². The number of hydrogen-bond acceptors (Lipinski definition) is 3. The molecular formula is C14H10FN3OS. The highest BCUT2D eigenvalue weighted by Gasteiger charge is 2.13. The van der Waals surface area contributed by atoms with Gasteiger partial charge in [0.1, 0.15) is 11.6 Å². The number of rotatable bonds is 2. The number of nitrogens with zero attached hydrogens (tertiary/aromatic N) is 2. The van der Waals surface area contributed by atoms with Gasteiger partial charge in [-0.25, -0.2) is 4.39 Å². The molecule has 3 rings (SSSR count). The van der Waals surface area contributed by atoms with Crippen molar-refractivity contribution in [2.24, 2.45) is 0 Å². The van der Waals surface area contributed by atoms with Crippen LogP contribution in [0.5, 0.6) is 5.75 Å². The van der Waals surface area contributed by atoms with E-state index in [0.717, 1.165) is 0 Å². The smallest absolute Gasteiger partial charge is 0.200 e. The van der Waals surface area contributed by atoms with Gasteiger partial charge in [0.05, 0.1) is 11.3 Å². The number of aromatic hydroxyl groups is 1. The fourth-order valence-electron chi connectivity index (χ4n) is 1.97. The topological polar surface area (TPSA) is 53.8 Å². The molecule has 0 unspecified atom stereocenters. The number of para-hydroxylation sites is 1. The first-order chi connectivity index (χ1) is 9.66. The van der Waals surface area contributed by atoms with Gasteiger partial charge in [-0.3, -0.25) is 9.67 Å². The molecule has 0 spiro atoms. The lowest BCUT2D eigenvalue weighted by Gasteiger charge is -2.08. The summed E-state index contributed by atoms with van der Waals surface area (Å²) in [5.74, 6) is 0.248. The Hall–Kier alpha value is -2.47. The van der Waals surface area contributed by atoms with E-state index in [0.29, 0.717) is 21.8 Å². The lowest BCUT2D eigenvalue weighted by atomic mass is 10.2. The molecule has 0 atom stereocenters. The van der Waals surface area contributed by atoms with E-state index in [1.807, 2.05) is 0 Å². The summed E-state index contributed by atoms with van der Waals surface area (Å²) in [5, 5.41) is 16.8. The standard InChI is InChI=1S/C14H10FN3OS/c15-9-5-7-10(8-6-9)18-13(16-17-14(18)20)11-3-1-2-4-12(11)19/h1-8,19H,(H,17,20). The molecule has 0 saturated carbocycles. The third-order valence-electron chi connectivity index (χ3n) is 2.90. The zero-order valence-corrected chi connectivity index (χ0v) is 11.1. The van der Waals surface area contributed by atoms with Crippen LogP contribution in [0.25, 0.3) is 17.1 Å². The quantitative estimate of drug-likeness (QED) is 0.710. The lowest BCUT2D eigenvalue weighted by Crippen LogP contribution is -1.98. The molecule has 1 heterocycles. The van der Waals surface area contributed by atoms with E-state index in [2.05, 4.69) is 10.2 Å². The van der Waals surface area contributed by atoms with Gasteiger partial charge in [-0.05, 0) is 48.6 Å². The normalized spacial score (nSPS) is 10.7. The van der Waals surface area contributed by atoms with Crippen molar-refractivity contribution in [1.82, 2.24) is 14.8 Å². The van der Waals surface area contributed by atoms with Gasteiger partial charge in [0.15, 0.2) is 10.6 Å². The van der Waals surface area contributed by atoms with E-state index in [1.165, 1.54) is 12.1 Å². The monoisotopic (exact) mass is 287 g/mol. The van der Waals surface area contributed by atoms with Crippen molar-refractivity contribution in [2.75, 3.05) is 0 Å². The molecule has 0 saturated heterocycles. The molecule has 0 bridgehead atoms. The minimum Gasteiger partial charge on any atom is -0.507 e. The summed E-state index contributed by atoms with van der Waals surface area (Å²) in [7, 11) is 0. The minimum absolute atomic E-state index is 0.102. The van der Waals surface area contributed by atoms with E-state index in [4.69, 9.17) is 12.2 Å². The molecule has 0 fully saturated rings. The predicted octanol–water partition coefficient (Wildman–Crippen LogP) is 3.44. The van der Waals surface area contributed by atoms with Gasteiger partial charge in [-0.15, -0.1) is 0 Å². The van der Waals surface area contributed by atoms with Gasteiger partial charge in [0, 0.05) is 0 Å². The minimum atomic E-state index is -0.326. The molecule has 0 radical (unpaired) electrons. The number of nitrogens with one attached hydrogen (secondary N) is 1. The van der Waals surface area contributed by atoms with E-state index < -0.39 is 0 Å². The summed E-state index contributed by atoms with van der Waals surface area (Å²) in [6, 6.07) is 12.7. The molecule has 4 nitrogen and oxygen atoms in total. The second kappa shape index (κ2) is 4.90. The van der Waals surface area contributed by atoms with Crippen LogP contribution < -0.4 is 0 Å². The molecule has 0 aliphatic heterocycles. The third kappa shape index (κ3) is 2.10. The van der Waals surface area contributed by atoms with Crippen LogP contribution in [0, 0.1) is 10.6 Å². The first-order valence-electron chi connectivity index (χ1n) is 5.88. The average molecular weight is 287 g/mol. The Morgan fingerprint density at radius 2 is 1.80 bits per heavy atom. The molecule has 3 aromatic rings. The number of hydrogen-bond donors (Lipinski definition) is 2. The number of H-pyrrole nitrogens is 1. The molecule has 6 heteroatoms. The van der Waals surface area contributed by atoms with Gasteiger partial charge in [-0.2, -0.15) is 5.10 Å². The number of aromatic amines is 1. The van der Waals surface area contributed by atoms with Crippen LogP contribution in [0.15, 0.2) is 48.5 Å². The fraction of sp³-hybridized carbons (Fsp3) is 0. The number of halogens is 1. The van der Waals surface area contributed by atoms with Crippen LogP contribution in [0.4, 0.5) is 4.39 Å². The van der Waals surface area contributed by atoms with Crippen LogP contribution in [0.3, 0.4) is 0 Å². The van der Waals surface area contributed by atoms with Crippen molar-refractivity contribution in [1.29, 1.82) is 0 Å². The molecule has 2 N–H and O–H groups in total. The maximum absolute atomic E-state index is 13.0. The zero-order chi connectivity index (χ0) is 14.1. The Bertz CT molecular complexity index is 808. The first kappa shape index (κ1) is 12.6. The summed E-state index contributed by atoms with van der Waals surface area (Å²) < 4.78 is 15.0. The maximum Gasteiger partial charge on any atom is 0.200 e. The molecular weight excluding hydrogens is 277 g/mol. The Balaban J connectivity index is 2.23. The SMILES string of the molecule is Oc1ccccc1-c1n[nH]c(=S)n1-c1ccc(F)cc1. The van der Waals surface area contributed by atoms with Crippen LogP contribution in [-0.2, 0) is 0 Å². The maximum atomic E-state index is 13.0. The van der Waals surface area contributed by atoms with Crippen molar-refractivity contribution in [2.45, 2.75) is 0 Å². The summed E-state index contributed by atoms with van der Waals surface area (Å²) >= 11 is 5.20. The summed E-state index contributed by atoms with van der Waals surface area (Å²) in [6.45, 7) is 0. The fourth-order valence-corrected chi connectivity index (χ4v) is 2.21. The van der Waals surface area contributed by atoms with E-state index >= 15 is 0 Å². The van der Waals surface area contributed by atoms with E-state index in [9.17, 15) is 9.50 Å². The average Bonchev–Trinajstić information content (AvgIpc) is 2.82. The Kier molecular flexibility index (Phi) is 3.08. The Morgan fingerprint density at radius 3 is 2.50 bits per heavy atom. The molecule has 0 amide bonds. The van der Waals surface area contributed by atoms with Gasteiger partial charge in [-0.1, -0.05) is 12.1 Å². The van der Waals surface area contributed by atoms with E-state index in [-0.39, 0.29) is 11.6 Å². The summed E-state index contributed by atoms with van der Waals surface area (Å²) in [4.78, 5) is 0. The highest BCUT2D eigenvalue weighted by atomic mass is 32.1. The Labute approximate surface area is 119 Å². The number of phenols is 1. The summed E-state index contributed by atoms with van der Waals surface area (Å²) in [5.41, 5.74) is 1.22. The molecule has 100 valence electrons. The number of phenolic OH excluding ortho intramolecular Hbond substituents is 1. The highest BCUT2D eigenvalue weighted by Crippen LogP contribution is 2.28. The Morgan fingerprint density at radius 1 is 1.10 bits per heavy atom. The van der Waals surface area contributed by atoms with Crippen LogP contribution in [-0.4, -0.2) is 19.9 Å². The van der Waals surface area contributed by atoms with Crippen LogP contribution in [0.1, 0.15) is 0 Å². The molecule has 20 heavy (non-hydrogen) atoms. The van der Waals surface area contributed by atoms with Gasteiger partial charge >= 0.3 is 0 Å². The van der Waals surface area contributed by atoms with Gasteiger partial charge in [0.25, 0.3) is 0 Å². The lowest BCUT2D eigenvalue weighted by molar-refractivity contribution is 0.476. The number of aromatic nitrogens is 3. The molecule has 1 aromatic heterocycles. The summed E-state index contributed by atoms with van der Waals surface area (Å²) in [6.07, 6.45) is 0. The van der Waals surface area contributed by atoms with Crippen LogP contribution in [0.2, 0.25) is 0 Å². The molecule has 2 aromatic carbocycles. The van der Waals surface area contributed by atoms with Crippen molar-refractivity contribution < 1.29 is 9.50 Å². The van der Waals surface area contributed by atoms with E-state index in [1.54, 1.807) is 41.0 Å². The van der Waals surface area contributed by atoms with Crippen molar-refractivity contribution >= 4 is 12.2 Å². The largest absolute Gasteiger partial charge is 0.507 e. The first-order valence-corrected chi connectivity index (χ1v) is 6.29. The second-order valence-electron chi connectivity index (χ2n) is 4.18. The molecule has 0 aliphatic carbocycles. The molecule has 0 aliphatic rings. The van der Waals surface area contributed by atoms with Crippen molar-refractivity contribution in [3.63, 3.8) is 0 Å². The number of benzene rings is 2. The third-order valence-corrected chi connectivity index (χ3v) is 3.18.